The molecule has 0 aliphatic heterocycles. The lowest BCUT2D eigenvalue weighted by molar-refractivity contribution is 1.30. The zero-order valence-corrected chi connectivity index (χ0v) is 23.8. The Balaban J connectivity index is 1.35. The summed E-state index contributed by atoms with van der Waals surface area (Å²) in [6.07, 6.45) is 0. The van der Waals surface area contributed by atoms with Crippen LogP contribution < -0.4 is 4.90 Å². The average molecular weight is 554 g/mol. The molecule has 1 heterocycles. The quantitative estimate of drug-likeness (QED) is 0.205. The lowest BCUT2D eigenvalue weighted by Crippen LogP contribution is -2.10. The normalized spacial score (nSPS) is 11.3. The molecule has 0 atom stereocenters. The summed E-state index contributed by atoms with van der Waals surface area (Å²) in [6.45, 7) is 0. The number of benzene rings is 7. The van der Waals surface area contributed by atoms with Crippen LogP contribution in [0.3, 0.4) is 0 Å². The number of fused-ring (bicyclic) bond motifs is 4. The molecule has 2 heteroatoms. The Labute approximate surface area is 249 Å². The van der Waals surface area contributed by atoms with E-state index in [1.165, 1.54) is 58.9 Å². The molecular weight excluding hydrogens is 527 g/mol. The van der Waals surface area contributed by atoms with E-state index in [2.05, 4.69) is 169 Å². The molecule has 0 aliphatic rings. The predicted octanol–water partition coefficient (Wildman–Crippen LogP) is 12.0. The molecule has 8 aromatic rings. The molecule has 0 spiro atoms. The molecule has 0 fully saturated rings. The summed E-state index contributed by atoms with van der Waals surface area (Å²) in [4.78, 5) is 2.43. The average Bonchev–Trinajstić information content (AvgIpc) is 3.45. The van der Waals surface area contributed by atoms with Crippen molar-refractivity contribution in [2.45, 2.75) is 0 Å². The Morgan fingerprint density at radius 2 is 0.976 bits per heavy atom. The molecule has 0 unspecified atom stereocenters. The van der Waals surface area contributed by atoms with Crippen molar-refractivity contribution < 1.29 is 0 Å². The lowest BCUT2D eigenvalue weighted by atomic mass is 10.00. The van der Waals surface area contributed by atoms with E-state index in [1.54, 1.807) is 0 Å². The number of thiophene rings is 1. The highest BCUT2D eigenvalue weighted by Gasteiger charge is 2.19. The predicted molar refractivity (Wildman–Crippen MR) is 182 cm³/mol. The summed E-state index contributed by atoms with van der Waals surface area (Å²) in [5, 5.41) is 5.09. The summed E-state index contributed by atoms with van der Waals surface area (Å²) < 4.78 is 2.60. The molecule has 1 nitrogen and oxygen atoms in total. The summed E-state index contributed by atoms with van der Waals surface area (Å²) in [7, 11) is 0. The monoisotopic (exact) mass is 553 g/mol. The molecule has 8 rings (SSSR count). The zero-order chi connectivity index (χ0) is 27.9. The molecule has 0 N–H and O–H groups in total. The topological polar surface area (TPSA) is 3.24 Å². The van der Waals surface area contributed by atoms with Crippen molar-refractivity contribution in [2.75, 3.05) is 4.90 Å². The van der Waals surface area contributed by atoms with E-state index < -0.39 is 0 Å². The van der Waals surface area contributed by atoms with E-state index in [0.29, 0.717) is 0 Å². The highest BCUT2D eigenvalue weighted by Crippen LogP contribution is 2.45. The van der Waals surface area contributed by atoms with Gasteiger partial charge in [-0.2, -0.15) is 0 Å². The van der Waals surface area contributed by atoms with Crippen LogP contribution in [0.15, 0.2) is 164 Å². The van der Waals surface area contributed by atoms with E-state index in [-0.39, 0.29) is 0 Å². The van der Waals surface area contributed by atoms with Crippen LogP contribution in [0.2, 0.25) is 0 Å². The van der Waals surface area contributed by atoms with Crippen molar-refractivity contribution in [3.05, 3.63) is 164 Å². The van der Waals surface area contributed by atoms with Gasteiger partial charge in [-0.1, -0.05) is 115 Å². The number of anilines is 3. The van der Waals surface area contributed by atoms with Crippen LogP contribution in [0.4, 0.5) is 17.1 Å². The number of hydrogen-bond donors (Lipinski definition) is 0. The van der Waals surface area contributed by atoms with Crippen molar-refractivity contribution >= 4 is 59.3 Å². The van der Waals surface area contributed by atoms with Crippen molar-refractivity contribution in [3.8, 4) is 22.3 Å². The van der Waals surface area contributed by atoms with Crippen LogP contribution in [0.5, 0.6) is 0 Å². The van der Waals surface area contributed by atoms with E-state index in [9.17, 15) is 0 Å². The van der Waals surface area contributed by atoms with Gasteiger partial charge in [0.25, 0.3) is 0 Å². The van der Waals surface area contributed by atoms with Crippen LogP contribution in [0.1, 0.15) is 0 Å². The minimum Gasteiger partial charge on any atom is -0.310 e. The first-order chi connectivity index (χ1) is 20.8. The van der Waals surface area contributed by atoms with Gasteiger partial charge < -0.3 is 4.90 Å². The van der Waals surface area contributed by atoms with Crippen molar-refractivity contribution in [3.63, 3.8) is 0 Å². The third kappa shape index (κ3) is 4.34. The maximum atomic E-state index is 2.43. The van der Waals surface area contributed by atoms with E-state index in [4.69, 9.17) is 0 Å². The first-order valence-corrected chi connectivity index (χ1v) is 15.1. The Hall–Kier alpha value is -5.18. The first kappa shape index (κ1) is 24.6. The molecule has 0 bridgehead atoms. The van der Waals surface area contributed by atoms with Crippen LogP contribution in [-0.4, -0.2) is 0 Å². The molecular formula is C40H27NS. The fraction of sp³-hybridized carbons (Fsp3) is 0. The van der Waals surface area contributed by atoms with Gasteiger partial charge in [0.1, 0.15) is 0 Å². The Bertz CT molecular complexity index is 2210. The minimum absolute atomic E-state index is 1.13. The van der Waals surface area contributed by atoms with Crippen LogP contribution in [0, 0.1) is 0 Å². The molecule has 0 amide bonds. The molecule has 198 valence electrons. The van der Waals surface area contributed by atoms with Crippen LogP contribution in [-0.2, 0) is 0 Å². The molecule has 0 aliphatic carbocycles. The maximum Gasteiger partial charge on any atom is 0.0554 e. The Kier molecular flexibility index (Phi) is 6.05. The fourth-order valence-electron chi connectivity index (χ4n) is 6.02. The molecule has 1 aromatic heterocycles. The van der Waals surface area contributed by atoms with Gasteiger partial charge in [-0.05, 0) is 81.6 Å². The summed E-state index contributed by atoms with van der Waals surface area (Å²) in [6, 6.07) is 59.2. The molecule has 0 saturated heterocycles. The van der Waals surface area contributed by atoms with Gasteiger partial charge in [-0.3, -0.25) is 0 Å². The van der Waals surface area contributed by atoms with E-state index >= 15 is 0 Å². The number of hydrogen-bond acceptors (Lipinski definition) is 2. The Morgan fingerprint density at radius 1 is 0.381 bits per heavy atom. The minimum atomic E-state index is 1.13. The third-order valence-corrected chi connectivity index (χ3v) is 9.16. The lowest BCUT2D eigenvalue weighted by Gasteiger charge is -2.27. The highest BCUT2D eigenvalue weighted by atomic mass is 32.1. The second kappa shape index (κ2) is 10.3. The summed E-state index contributed by atoms with van der Waals surface area (Å²) in [5.74, 6) is 0. The van der Waals surface area contributed by atoms with Crippen molar-refractivity contribution in [1.29, 1.82) is 0 Å². The second-order valence-electron chi connectivity index (χ2n) is 10.6. The summed E-state index contributed by atoms with van der Waals surface area (Å²) in [5.41, 5.74) is 8.28. The molecule has 0 radical (unpaired) electrons. The van der Waals surface area contributed by atoms with Gasteiger partial charge in [0.2, 0.25) is 0 Å². The third-order valence-electron chi connectivity index (χ3n) is 8.02. The first-order valence-electron chi connectivity index (χ1n) is 14.3. The van der Waals surface area contributed by atoms with Gasteiger partial charge in [-0.25, -0.2) is 0 Å². The number of rotatable bonds is 5. The molecule has 7 aromatic carbocycles. The van der Waals surface area contributed by atoms with Gasteiger partial charge in [0.15, 0.2) is 0 Å². The van der Waals surface area contributed by atoms with E-state index in [0.717, 1.165) is 11.4 Å². The summed E-state index contributed by atoms with van der Waals surface area (Å²) >= 11 is 1.86. The molecule has 42 heavy (non-hydrogen) atoms. The number of nitrogens with zero attached hydrogens (tertiary/aromatic N) is 1. The zero-order valence-electron chi connectivity index (χ0n) is 22.9. The SMILES string of the molecule is c1ccc(-c2cccc(N(c3cccc(-c4ccc5ccccc5c4)c3)c3cccc4sc5ccccc5c34)c2)cc1. The highest BCUT2D eigenvalue weighted by molar-refractivity contribution is 7.26. The fourth-order valence-corrected chi connectivity index (χ4v) is 7.14. The Morgan fingerprint density at radius 3 is 1.79 bits per heavy atom. The van der Waals surface area contributed by atoms with Gasteiger partial charge >= 0.3 is 0 Å². The standard InChI is InChI=1S/C40H27NS/c1-2-11-28(12-3-1)31-15-8-17-34(26-31)41(37-20-10-22-39-40(37)36-19-6-7-21-38(36)42-39)35-18-9-16-32(27-35)33-24-23-29-13-4-5-14-30(29)25-33/h1-27H. The van der Waals surface area contributed by atoms with Crippen molar-refractivity contribution in [1.82, 2.24) is 0 Å². The van der Waals surface area contributed by atoms with E-state index in [1.807, 2.05) is 11.3 Å². The largest absolute Gasteiger partial charge is 0.310 e. The van der Waals surface area contributed by atoms with Crippen molar-refractivity contribution in [2.24, 2.45) is 0 Å². The van der Waals surface area contributed by atoms with Crippen LogP contribution in [0.25, 0.3) is 53.2 Å². The second-order valence-corrected chi connectivity index (χ2v) is 11.7. The van der Waals surface area contributed by atoms with Gasteiger partial charge in [-0.15, -0.1) is 11.3 Å². The van der Waals surface area contributed by atoms with Crippen LogP contribution >= 0.6 is 11.3 Å². The van der Waals surface area contributed by atoms with Gasteiger partial charge in [0, 0.05) is 31.5 Å². The smallest absolute Gasteiger partial charge is 0.0554 e. The molecule has 0 saturated carbocycles. The van der Waals surface area contributed by atoms with Gasteiger partial charge in [0.05, 0.1) is 5.69 Å². The maximum absolute atomic E-state index is 2.43.